The zero-order chi connectivity index (χ0) is 9.42. The summed E-state index contributed by atoms with van der Waals surface area (Å²) in [7, 11) is -1.09. The first-order chi connectivity index (χ1) is 6.24. The van der Waals surface area contributed by atoms with E-state index >= 15 is 0 Å². The van der Waals surface area contributed by atoms with Gasteiger partial charge in [0.05, 0.1) is 27.8 Å². The highest BCUT2D eigenvalue weighted by Crippen LogP contribution is 2.32. The van der Waals surface area contributed by atoms with E-state index in [0.717, 1.165) is 0 Å². The first-order valence-electron chi connectivity index (χ1n) is 3.72. The van der Waals surface area contributed by atoms with Crippen molar-refractivity contribution in [2.24, 2.45) is 0 Å². The van der Waals surface area contributed by atoms with Crippen LogP contribution in [0.2, 0.25) is 0 Å². The standard InChI is InChI=1S/C8H6F2OS2/c9-8-5-3-4-13(11)7(5)2-1-6(8)12-10/h1-2H,3-4H2. The smallest absolute Gasteiger partial charge is 0.143 e. The summed E-state index contributed by atoms with van der Waals surface area (Å²) in [4.78, 5) is 0.507. The summed E-state index contributed by atoms with van der Waals surface area (Å²) in [5, 5.41) is 0. The van der Waals surface area contributed by atoms with Gasteiger partial charge < -0.3 is 0 Å². The summed E-state index contributed by atoms with van der Waals surface area (Å²) in [6, 6.07) is 2.88. The predicted octanol–water partition coefficient (Wildman–Crippen LogP) is 2.47. The molecule has 0 saturated carbocycles. The monoisotopic (exact) mass is 220 g/mol. The third kappa shape index (κ3) is 1.40. The van der Waals surface area contributed by atoms with Crippen molar-refractivity contribution in [2.75, 3.05) is 5.75 Å². The average molecular weight is 220 g/mol. The molecule has 0 aliphatic carbocycles. The summed E-state index contributed by atoms with van der Waals surface area (Å²) in [6.07, 6.45) is 0.447. The van der Waals surface area contributed by atoms with Crippen LogP contribution in [-0.2, 0) is 17.2 Å². The van der Waals surface area contributed by atoms with Gasteiger partial charge in [-0.15, -0.1) is 0 Å². The number of benzene rings is 1. The van der Waals surface area contributed by atoms with E-state index in [1.165, 1.54) is 6.07 Å². The van der Waals surface area contributed by atoms with Crippen LogP contribution < -0.4 is 0 Å². The first-order valence-corrected chi connectivity index (χ1v) is 5.76. The van der Waals surface area contributed by atoms with E-state index in [9.17, 15) is 12.5 Å². The van der Waals surface area contributed by atoms with Crippen molar-refractivity contribution in [3.05, 3.63) is 23.5 Å². The summed E-state index contributed by atoms with van der Waals surface area (Å²) in [5.41, 5.74) is 0.418. The maximum atomic E-state index is 13.4. The molecule has 1 heterocycles. The number of fused-ring (bicyclic) bond motifs is 1. The van der Waals surface area contributed by atoms with Gasteiger partial charge in [0, 0.05) is 16.2 Å². The topological polar surface area (TPSA) is 17.1 Å². The summed E-state index contributed by atoms with van der Waals surface area (Å²) < 4.78 is 36.8. The Labute approximate surface area is 81.3 Å². The minimum Gasteiger partial charge on any atom is -0.254 e. The van der Waals surface area contributed by atoms with E-state index in [4.69, 9.17) is 0 Å². The second-order valence-electron chi connectivity index (χ2n) is 2.73. The molecule has 0 bridgehead atoms. The molecule has 1 aliphatic rings. The summed E-state index contributed by atoms with van der Waals surface area (Å²) in [6.45, 7) is 0. The van der Waals surface area contributed by atoms with Crippen molar-refractivity contribution in [3.63, 3.8) is 0 Å². The van der Waals surface area contributed by atoms with Crippen molar-refractivity contribution in [1.82, 2.24) is 0 Å². The molecule has 0 amide bonds. The fourth-order valence-corrected chi connectivity index (χ4v) is 3.00. The van der Waals surface area contributed by atoms with Crippen LogP contribution in [0.25, 0.3) is 0 Å². The molecule has 1 aromatic rings. The molecule has 13 heavy (non-hydrogen) atoms. The normalized spacial score (nSPS) is 20.3. The van der Waals surface area contributed by atoms with Crippen molar-refractivity contribution in [1.29, 1.82) is 0 Å². The quantitative estimate of drug-likeness (QED) is 0.723. The van der Waals surface area contributed by atoms with Gasteiger partial charge >= 0.3 is 0 Å². The first kappa shape index (κ1) is 9.15. The fraction of sp³-hybridized carbons (Fsp3) is 0.250. The molecular weight excluding hydrogens is 214 g/mol. The molecule has 0 spiro atoms. The lowest BCUT2D eigenvalue weighted by molar-refractivity contribution is 0.581. The maximum absolute atomic E-state index is 13.4. The Morgan fingerprint density at radius 3 is 2.92 bits per heavy atom. The van der Waals surface area contributed by atoms with E-state index in [-0.39, 0.29) is 17.0 Å². The summed E-state index contributed by atoms with van der Waals surface area (Å²) >= 11 is -0.111. The predicted molar refractivity (Wildman–Crippen MR) is 48.3 cm³/mol. The SMILES string of the molecule is O=S1CCc2c1ccc(SF)c2F. The van der Waals surface area contributed by atoms with Crippen LogP contribution in [0.15, 0.2) is 21.9 Å². The highest BCUT2D eigenvalue weighted by atomic mass is 32.2. The van der Waals surface area contributed by atoms with Gasteiger partial charge in [-0.25, -0.2) is 4.39 Å². The summed E-state index contributed by atoms with van der Waals surface area (Å²) in [5.74, 6) is -0.0945. The van der Waals surface area contributed by atoms with E-state index < -0.39 is 16.6 Å². The highest BCUT2D eigenvalue weighted by Gasteiger charge is 2.23. The molecule has 1 aliphatic heterocycles. The van der Waals surface area contributed by atoms with Crippen molar-refractivity contribution in [3.8, 4) is 0 Å². The van der Waals surface area contributed by atoms with Gasteiger partial charge in [0.2, 0.25) is 0 Å². The molecule has 1 nitrogen and oxygen atoms in total. The van der Waals surface area contributed by atoms with Crippen LogP contribution in [0.1, 0.15) is 5.56 Å². The zero-order valence-electron chi connectivity index (χ0n) is 6.55. The van der Waals surface area contributed by atoms with E-state index in [0.29, 0.717) is 22.6 Å². The molecule has 0 radical (unpaired) electrons. The molecule has 1 unspecified atom stereocenters. The van der Waals surface area contributed by atoms with Gasteiger partial charge in [-0.3, -0.25) is 4.21 Å². The molecule has 0 fully saturated rings. The molecule has 1 atom stereocenters. The molecular formula is C8H6F2OS2. The van der Waals surface area contributed by atoms with Gasteiger partial charge in [0.15, 0.2) is 0 Å². The van der Waals surface area contributed by atoms with Crippen LogP contribution in [0.4, 0.5) is 8.28 Å². The lowest BCUT2D eigenvalue weighted by Crippen LogP contribution is -1.90. The van der Waals surface area contributed by atoms with Crippen LogP contribution >= 0.6 is 12.1 Å². The van der Waals surface area contributed by atoms with Crippen molar-refractivity contribution >= 4 is 22.9 Å². The minimum atomic E-state index is -1.09. The third-order valence-corrected chi connectivity index (χ3v) is 3.96. The number of halogens is 2. The Bertz CT molecular complexity index is 379. The Hall–Kier alpha value is -0.420. The maximum Gasteiger partial charge on any atom is 0.143 e. The van der Waals surface area contributed by atoms with E-state index in [1.807, 2.05) is 0 Å². The lowest BCUT2D eigenvalue weighted by Gasteiger charge is -2.01. The minimum absolute atomic E-state index is 0.0161. The van der Waals surface area contributed by atoms with Gasteiger partial charge in [-0.1, -0.05) is 0 Å². The largest absolute Gasteiger partial charge is 0.254 e. The zero-order valence-corrected chi connectivity index (χ0v) is 8.18. The van der Waals surface area contributed by atoms with Crippen molar-refractivity contribution in [2.45, 2.75) is 16.2 Å². The second kappa shape index (κ2) is 3.38. The molecule has 1 aromatic carbocycles. The average Bonchev–Trinajstić information content (AvgIpc) is 2.50. The number of hydrogen-bond donors (Lipinski definition) is 0. The van der Waals surface area contributed by atoms with Crippen molar-refractivity contribution < 1.29 is 12.5 Å². The van der Waals surface area contributed by atoms with Gasteiger partial charge in [-0.05, 0) is 18.6 Å². The van der Waals surface area contributed by atoms with E-state index in [1.54, 1.807) is 6.07 Å². The van der Waals surface area contributed by atoms with E-state index in [2.05, 4.69) is 0 Å². The highest BCUT2D eigenvalue weighted by molar-refractivity contribution is 7.94. The number of rotatable bonds is 1. The second-order valence-corrected chi connectivity index (χ2v) is 4.86. The molecule has 70 valence electrons. The fourth-order valence-electron chi connectivity index (χ4n) is 1.39. The Balaban J connectivity index is 2.60. The molecule has 0 saturated heterocycles. The van der Waals surface area contributed by atoms with Gasteiger partial charge in [0.25, 0.3) is 0 Å². The van der Waals surface area contributed by atoms with Gasteiger partial charge in [-0.2, -0.15) is 3.89 Å². The van der Waals surface area contributed by atoms with Crippen LogP contribution in [0.5, 0.6) is 0 Å². The molecule has 5 heteroatoms. The number of hydrogen-bond acceptors (Lipinski definition) is 2. The third-order valence-electron chi connectivity index (χ3n) is 2.03. The van der Waals surface area contributed by atoms with Crippen LogP contribution in [0, 0.1) is 5.82 Å². The Morgan fingerprint density at radius 2 is 2.23 bits per heavy atom. The molecule has 2 rings (SSSR count). The molecule has 0 N–H and O–H groups in total. The molecule has 0 aromatic heterocycles. The van der Waals surface area contributed by atoms with Crippen LogP contribution in [0.3, 0.4) is 0 Å². The lowest BCUT2D eigenvalue weighted by atomic mass is 10.2. The Morgan fingerprint density at radius 1 is 1.46 bits per heavy atom. The Kier molecular flexibility index (Phi) is 2.38. The van der Waals surface area contributed by atoms with Gasteiger partial charge in [0.1, 0.15) is 5.82 Å². The van der Waals surface area contributed by atoms with Crippen LogP contribution in [-0.4, -0.2) is 9.96 Å².